The number of aliphatic carboxylic acids is 1. The summed E-state index contributed by atoms with van der Waals surface area (Å²) in [5.41, 5.74) is -0.705. The van der Waals surface area contributed by atoms with Crippen LogP contribution in [0.1, 0.15) is 47.5 Å². The molecule has 1 N–H and O–H groups in total. The number of carbonyl (C=O) groups is 3. The first-order valence-corrected chi connectivity index (χ1v) is 6.78. The average molecular weight is 285 g/mol. The molecule has 1 aliphatic rings. The van der Waals surface area contributed by atoms with Crippen molar-refractivity contribution >= 4 is 17.8 Å². The molecule has 0 saturated carbocycles. The standard InChI is InChI=1S/C14H23NO5/c1-8(2)10-6-9(16)7-11(12(17)18)15(10)13(19)20-14(3,4)5/h8,10-11H,6-7H2,1-5H3,(H,17,18)/t10-,11+/m0/s1. The molecule has 0 spiro atoms. The molecule has 114 valence electrons. The summed E-state index contributed by atoms with van der Waals surface area (Å²) in [6.07, 6.45) is -0.644. The second-order valence-electron chi connectivity index (χ2n) is 6.50. The Labute approximate surface area is 119 Å². The summed E-state index contributed by atoms with van der Waals surface area (Å²) in [5, 5.41) is 9.27. The summed E-state index contributed by atoms with van der Waals surface area (Å²) >= 11 is 0. The van der Waals surface area contributed by atoms with E-state index in [4.69, 9.17) is 4.74 Å². The SMILES string of the molecule is CC(C)[C@@H]1CC(=O)C[C@H](C(=O)O)N1C(=O)OC(C)(C)C. The van der Waals surface area contributed by atoms with Gasteiger partial charge in [-0.15, -0.1) is 0 Å². The molecule has 0 radical (unpaired) electrons. The van der Waals surface area contributed by atoms with Gasteiger partial charge in [0.15, 0.2) is 0 Å². The first kappa shape index (κ1) is 16.5. The summed E-state index contributed by atoms with van der Waals surface area (Å²) in [6.45, 7) is 8.89. The molecule has 1 rings (SSSR count). The normalized spacial score (nSPS) is 23.9. The number of carboxylic acid groups (broad SMARTS) is 1. The van der Waals surface area contributed by atoms with Gasteiger partial charge in [-0.2, -0.15) is 0 Å². The van der Waals surface area contributed by atoms with Gasteiger partial charge in [0.25, 0.3) is 0 Å². The number of piperidine rings is 1. The highest BCUT2D eigenvalue weighted by Crippen LogP contribution is 2.28. The number of amides is 1. The molecule has 6 nitrogen and oxygen atoms in total. The third-order valence-corrected chi connectivity index (χ3v) is 3.21. The Hall–Kier alpha value is -1.59. The fourth-order valence-electron chi connectivity index (χ4n) is 2.30. The summed E-state index contributed by atoms with van der Waals surface area (Å²) in [6, 6.07) is -1.58. The van der Waals surface area contributed by atoms with Gasteiger partial charge in [0, 0.05) is 18.9 Å². The zero-order valence-corrected chi connectivity index (χ0v) is 12.7. The van der Waals surface area contributed by atoms with E-state index in [1.54, 1.807) is 20.8 Å². The number of hydrogen-bond acceptors (Lipinski definition) is 4. The lowest BCUT2D eigenvalue weighted by atomic mass is 9.88. The fraction of sp³-hybridized carbons (Fsp3) is 0.786. The quantitative estimate of drug-likeness (QED) is 0.839. The van der Waals surface area contributed by atoms with E-state index in [2.05, 4.69) is 0 Å². The van der Waals surface area contributed by atoms with Crippen LogP contribution in [-0.4, -0.2) is 45.5 Å². The number of ketones is 1. The molecule has 1 saturated heterocycles. The van der Waals surface area contributed by atoms with Crippen molar-refractivity contribution in [2.45, 2.75) is 65.1 Å². The van der Waals surface area contributed by atoms with Gasteiger partial charge < -0.3 is 9.84 Å². The Kier molecular flexibility index (Phi) is 4.78. The van der Waals surface area contributed by atoms with Crippen molar-refractivity contribution in [3.63, 3.8) is 0 Å². The van der Waals surface area contributed by atoms with Crippen LogP contribution < -0.4 is 0 Å². The monoisotopic (exact) mass is 285 g/mol. The Morgan fingerprint density at radius 3 is 2.25 bits per heavy atom. The second-order valence-corrected chi connectivity index (χ2v) is 6.50. The first-order chi connectivity index (χ1) is 9.03. The van der Waals surface area contributed by atoms with E-state index in [0.717, 1.165) is 0 Å². The summed E-state index contributed by atoms with van der Waals surface area (Å²) in [5.74, 6) is -1.32. The maximum absolute atomic E-state index is 12.3. The predicted molar refractivity (Wildman–Crippen MR) is 72.4 cm³/mol. The van der Waals surface area contributed by atoms with E-state index in [0.29, 0.717) is 0 Å². The number of likely N-dealkylation sites (tertiary alicyclic amines) is 1. The van der Waals surface area contributed by atoms with Gasteiger partial charge in [0.2, 0.25) is 0 Å². The molecule has 0 bridgehead atoms. The van der Waals surface area contributed by atoms with Crippen molar-refractivity contribution in [3.05, 3.63) is 0 Å². The van der Waals surface area contributed by atoms with Gasteiger partial charge in [-0.05, 0) is 26.7 Å². The minimum atomic E-state index is -1.17. The summed E-state index contributed by atoms with van der Waals surface area (Å²) in [7, 11) is 0. The van der Waals surface area contributed by atoms with Crippen LogP contribution in [0.4, 0.5) is 4.79 Å². The number of Topliss-reactive ketones (excluding diaryl/α,β-unsaturated/α-hetero) is 1. The number of ether oxygens (including phenoxy) is 1. The van der Waals surface area contributed by atoms with Crippen LogP contribution in [0.25, 0.3) is 0 Å². The first-order valence-electron chi connectivity index (χ1n) is 6.78. The maximum Gasteiger partial charge on any atom is 0.411 e. The van der Waals surface area contributed by atoms with Crippen molar-refractivity contribution in [2.75, 3.05) is 0 Å². The number of nitrogens with zero attached hydrogens (tertiary/aromatic N) is 1. The van der Waals surface area contributed by atoms with Gasteiger partial charge in [0.05, 0.1) is 0 Å². The Morgan fingerprint density at radius 2 is 1.85 bits per heavy atom. The van der Waals surface area contributed by atoms with E-state index in [1.807, 2.05) is 13.8 Å². The van der Waals surface area contributed by atoms with E-state index < -0.39 is 29.7 Å². The zero-order valence-electron chi connectivity index (χ0n) is 12.7. The van der Waals surface area contributed by atoms with Crippen LogP contribution in [0.5, 0.6) is 0 Å². The molecule has 20 heavy (non-hydrogen) atoms. The van der Waals surface area contributed by atoms with Gasteiger partial charge in [-0.25, -0.2) is 9.59 Å². The summed E-state index contributed by atoms with van der Waals surface area (Å²) < 4.78 is 5.29. The van der Waals surface area contributed by atoms with Crippen molar-refractivity contribution in [2.24, 2.45) is 5.92 Å². The molecule has 0 aliphatic carbocycles. The highest BCUT2D eigenvalue weighted by molar-refractivity contribution is 5.91. The highest BCUT2D eigenvalue weighted by Gasteiger charge is 2.44. The molecule has 0 aromatic heterocycles. The molecule has 1 amide bonds. The van der Waals surface area contributed by atoms with Crippen LogP contribution in [0, 0.1) is 5.92 Å². The van der Waals surface area contributed by atoms with Gasteiger partial charge in [0.1, 0.15) is 17.4 Å². The predicted octanol–water partition coefficient (Wildman–Crippen LogP) is 2.06. The van der Waals surface area contributed by atoms with E-state index in [9.17, 15) is 19.5 Å². The van der Waals surface area contributed by atoms with E-state index in [1.165, 1.54) is 4.90 Å². The van der Waals surface area contributed by atoms with Crippen molar-refractivity contribution in [1.29, 1.82) is 0 Å². The third-order valence-electron chi connectivity index (χ3n) is 3.21. The molecule has 6 heteroatoms. The Bertz CT molecular complexity index is 410. The van der Waals surface area contributed by atoms with Crippen LogP contribution in [0.2, 0.25) is 0 Å². The lowest BCUT2D eigenvalue weighted by Gasteiger charge is -2.41. The number of carboxylic acids is 1. The molecule has 0 unspecified atom stereocenters. The van der Waals surface area contributed by atoms with E-state index in [-0.39, 0.29) is 24.5 Å². The maximum atomic E-state index is 12.3. The topological polar surface area (TPSA) is 83.9 Å². The minimum absolute atomic E-state index is 0.0198. The Balaban J connectivity index is 3.07. The molecule has 1 fully saturated rings. The Morgan fingerprint density at radius 1 is 1.30 bits per heavy atom. The van der Waals surface area contributed by atoms with Crippen molar-refractivity contribution < 1.29 is 24.2 Å². The summed E-state index contributed by atoms with van der Waals surface area (Å²) in [4.78, 5) is 36.6. The number of hydrogen-bond donors (Lipinski definition) is 1. The largest absolute Gasteiger partial charge is 0.480 e. The lowest BCUT2D eigenvalue weighted by molar-refractivity contribution is -0.150. The second kappa shape index (κ2) is 5.81. The van der Waals surface area contributed by atoms with Gasteiger partial charge in [-0.3, -0.25) is 9.69 Å². The zero-order chi connectivity index (χ0) is 15.7. The molecular formula is C14H23NO5. The third kappa shape index (κ3) is 3.95. The van der Waals surface area contributed by atoms with Crippen LogP contribution in [0.15, 0.2) is 0 Å². The van der Waals surface area contributed by atoms with Crippen molar-refractivity contribution in [1.82, 2.24) is 4.90 Å². The van der Waals surface area contributed by atoms with Crippen LogP contribution in [0.3, 0.4) is 0 Å². The molecule has 0 aromatic rings. The molecule has 1 heterocycles. The van der Waals surface area contributed by atoms with E-state index >= 15 is 0 Å². The lowest BCUT2D eigenvalue weighted by Crippen LogP contribution is -2.58. The smallest absolute Gasteiger partial charge is 0.411 e. The van der Waals surface area contributed by atoms with Crippen LogP contribution >= 0.6 is 0 Å². The fourth-order valence-corrected chi connectivity index (χ4v) is 2.30. The van der Waals surface area contributed by atoms with Gasteiger partial charge in [-0.1, -0.05) is 13.8 Å². The highest BCUT2D eigenvalue weighted by atomic mass is 16.6. The minimum Gasteiger partial charge on any atom is -0.480 e. The number of rotatable bonds is 2. The molecule has 2 atom stereocenters. The molecule has 0 aromatic carbocycles. The van der Waals surface area contributed by atoms with Crippen LogP contribution in [-0.2, 0) is 14.3 Å². The number of carbonyl (C=O) groups excluding carboxylic acids is 2. The average Bonchev–Trinajstić information content (AvgIpc) is 2.24. The van der Waals surface area contributed by atoms with Crippen molar-refractivity contribution in [3.8, 4) is 0 Å². The molecular weight excluding hydrogens is 262 g/mol. The molecule has 1 aliphatic heterocycles. The van der Waals surface area contributed by atoms with Gasteiger partial charge >= 0.3 is 12.1 Å².